The summed E-state index contributed by atoms with van der Waals surface area (Å²) in [7, 11) is -3.38. The van der Waals surface area contributed by atoms with Crippen LogP contribution in [0.3, 0.4) is 0 Å². The van der Waals surface area contributed by atoms with Crippen molar-refractivity contribution in [1.82, 2.24) is 9.97 Å². The molecule has 0 radical (unpaired) electrons. The fraction of sp³-hybridized carbons (Fsp3) is 0.167. The molecule has 94 valence electrons. The van der Waals surface area contributed by atoms with E-state index in [0.717, 1.165) is 11.8 Å². The van der Waals surface area contributed by atoms with E-state index in [1.807, 2.05) is 25.1 Å². The van der Waals surface area contributed by atoms with E-state index in [9.17, 15) is 8.42 Å². The minimum Gasteiger partial charge on any atom is -0.454 e. The standard InChI is InChI=1S/C12H12N2O3S/c1-9-4-3-5-10(6-9)17-11-7-13-12(14-8-11)18(2,15)16/h3-8H,1-2H3. The third-order valence-corrected chi connectivity index (χ3v) is 3.04. The summed E-state index contributed by atoms with van der Waals surface area (Å²) in [4.78, 5) is 7.49. The van der Waals surface area contributed by atoms with Crippen molar-refractivity contribution in [2.45, 2.75) is 12.1 Å². The first-order valence-corrected chi connectivity index (χ1v) is 7.11. The van der Waals surface area contributed by atoms with Gasteiger partial charge in [-0.2, -0.15) is 0 Å². The molecule has 0 saturated carbocycles. The molecule has 6 heteroatoms. The van der Waals surface area contributed by atoms with Crippen LogP contribution >= 0.6 is 0 Å². The number of benzene rings is 1. The van der Waals surface area contributed by atoms with E-state index in [1.165, 1.54) is 12.4 Å². The third kappa shape index (κ3) is 3.04. The molecule has 18 heavy (non-hydrogen) atoms. The fourth-order valence-corrected chi connectivity index (χ4v) is 1.85. The molecule has 0 aliphatic heterocycles. The van der Waals surface area contributed by atoms with Crippen LogP contribution in [0.25, 0.3) is 0 Å². The van der Waals surface area contributed by atoms with Gasteiger partial charge in [0.2, 0.25) is 15.0 Å². The highest BCUT2D eigenvalue weighted by atomic mass is 32.2. The molecule has 5 nitrogen and oxygen atoms in total. The molecule has 0 aliphatic rings. The van der Waals surface area contributed by atoms with Crippen molar-refractivity contribution >= 4 is 9.84 Å². The average molecular weight is 264 g/mol. The van der Waals surface area contributed by atoms with Gasteiger partial charge >= 0.3 is 0 Å². The Morgan fingerprint density at radius 3 is 2.33 bits per heavy atom. The van der Waals surface area contributed by atoms with Crippen molar-refractivity contribution in [3.8, 4) is 11.5 Å². The molecule has 0 N–H and O–H groups in total. The summed E-state index contributed by atoms with van der Waals surface area (Å²) in [6, 6.07) is 7.49. The first kappa shape index (κ1) is 12.5. The second-order valence-corrected chi connectivity index (χ2v) is 5.80. The maximum atomic E-state index is 11.2. The van der Waals surface area contributed by atoms with Crippen molar-refractivity contribution in [2.24, 2.45) is 0 Å². The summed E-state index contributed by atoms with van der Waals surface area (Å²) in [5.74, 6) is 1.05. The lowest BCUT2D eigenvalue weighted by molar-refractivity contribution is 0.474. The monoisotopic (exact) mass is 264 g/mol. The topological polar surface area (TPSA) is 69.2 Å². The van der Waals surface area contributed by atoms with Gasteiger partial charge in [0.15, 0.2) is 5.75 Å². The molecule has 1 aromatic carbocycles. The second-order valence-electron chi connectivity index (χ2n) is 3.89. The molecular formula is C12H12N2O3S. The number of sulfone groups is 1. The van der Waals surface area contributed by atoms with Gasteiger partial charge in [0.25, 0.3) is 0 Å². The molecule has 0 fully saturated rings. The summed E-state index contributed by atoms with van der Waals surface area (Å²) < 4.78 is 27.9. The number of hydrogen-bond acceptors (Lipinski definition) is 5. The largest absolute Gasteiger partial charge is 0.454 e. The molecule has 0 spiro atoms. The summed E-state index contributed by atoms with van der Waals surface area (Å²) in [6.45, 7) is 1.95. The quantitative estimate of drug-likeness (QED) is 0.793. The highest BCUT2D eigenvalue weighted by Crippen LogP contribution is 2.20. The van der Waals surface area contributed by atoms with Crippen LogP contribution in [0.2, 0.25) is 0 Å². The third-order valence-electron chi connectivity index (χ3n) is 2.16. The van der Waals surface area contributed by atoms with Gasteiger partial charge in [-0.1, -0.05) is 12.1 Å². The maximum Gasteiger partial charge on any atom is 0.246 e. The highest BCUT2D eigenvalue weighted by Gasteiger charge is 2.10. The number of aromatic nitrogens is 2. The lowest BCUT2D eigenvalue weighted by Gasteiger charge is -2.05. The van der Waals surface area contributed by atoms with Crippen LogP contribution in [0.1, 0.15) is 5.56 Å². The molecule has 2 rings (SSSR count). The van der Waals surface area contributed by atoms with Gasteiger partial charge in [0.05, 0.1) is 12.4 Å². The maximum absolute atomic E-state index is 11.2. The van der Waals surface area contributed by atoms with E-state index >= 15 is 0 Å². The predicted molar refractivity (Wildman–Crippen MR) is 66.4 cm³/mol. The van der Waals surface area contributed by atoms with E-state index in [0.29, 0.717) is 11.5 Å². The zero-order chi connectivity index (χ0) is 13.2. The zero-order valence-electron chi connectivity index (χ0n) is 9.99. The minimum absolute atomic E-state index is 0.209. The van der Waals surface area contributed by atoms with Crippen molar-refractivity contribution in [1.29, 1.82) is 0 Å². The molecular weight excluding hydrogens is 252 g/mol. The first-order chi connectivity index (χ1) is 8.45. The fourth-order valence-electron chi connectivity index (χ4n) is 1.36. The SMILES string of the molecule is Cc1cccc(Oc2cnc(S(C)(=O)=O)nc2)c1. The normalized spacial score (nSPS) is 11.2. The number of aryl methyl sites for hydroxylation is 1. The van der Waals surface area contributed by atoms with E-state index < -0.39 is 9.84 Å². The van der Waals surface area contributed by atoms with Crippen LogP contribution < -0.4 is 4.74 Å². The lowest BCUT2D eigenvalue weighted by atomic mass is 10.2. The van der Waals surface area contributed by atoms with Crippen LogP contribution in [-0.4, -0.2) is 24.6 Å². The Bertz CT molecular complexity index is 651. The average Bonchev–Trinajstić information content (AvgIpc) is 2.28. The molecule has 0 aliphatic carbocycles. The van der Waals surface area contributed by atoms with Crippen molar-refractivity contribution in [3.05, 3.63) is 42.2 Å². The van der Waals surface area contributed by atoms with E-state index in [4.69, 9.17) is 4.74 Å². The molecule has 0 saturated heterocycles. The molecule has 1 heterocycles. The molecule has 0 unspecified atom stereocenters. The molecule has 2 aromatic rings. The Morgan fingerprint density at radius 2 is 1.78 bits per heavy atom. The van der Waals surface area contributed by atoms with E-state index in [-0.39, 0.29) is 5.16 Å². The number of nitrogens with zero attached hydrogens (tertiary/aromatic N) is 2. The summed E-state index contributed by atoms with van der Waals surface area (Å²) in [6.07, 6.45) is 3.74. The van der Waals surface area contributed by atoms with Gasteiger partial charge in [0.1, 0.15) is 5.75 Å². The van der Waals surface area contributed by atoms with E-state index in [2.05, 4.69) is 9.97 Å². The Hall–Kier alpha value is -1.95. The van der Waals surface area contributed by atoms with Gasteiger partial charge in [-0.05, 0) is 24.6 Å². The first-order valence-electron chi connectivity index (χ1n) is 5.22. The number of rotatable bonds is 3. The summed E-state index contributed by atoms with van der Waals surface area (Å²) in [5, 5.41) is -0.209. The van der Waals surface area contributed by atoms with E-state index in [1.54, 1.807) is 6.07 Å². The van der Waals surface area contributed by atoms with Crippen LogP contribution in [0, 0.1) is 6.92 Å². The van der Waals surface area contributed by atoms with Gasteiger partial charge < -0.3 is 4.74 Å². The molecule has 0 bridgehead atoms. The van der Waals surface area contributed by atoms with Crippen LogP contribution in [0.5, 0.6) is 11.5 Å². The predicted octanol–water partition coefficient (Wildman–Crippen LogP) is 1.98. The Balaban J connectivity index is 2.21. The highest BCUT2D eigenvalue weighted by molar-refractivity contribution is 7.90. The van der Waals surface area contributed by atoms with Gasteiger partial charge in [-0.3, -0.25) is 0 Å². The van der Waals surface area contributed by atoms with Crippen LogP contribution in [-0.2, 0) is 9.84 Å². The number of hydrogen-bond donors (Lipinski definition) is 0. The van der Waals surface area contributed by atoms with Gasteiger partial charge in [-0.15, -0.1) is 0 Å². The van der Waals surface area contributed by atoms with Crippen molar-refractivity contribution in [3.63, 3.8) is 0 Å². The zero-order valence-corrected chi connectivity index (χ0v) is 10.8. The van der Waals surface area contributed by atoms with Crippen molar-refractivity contribution in [2.75, 3.05) is 6.26 Å². The lowest BCUT2D eigenvalue weighted by Crippen LogP contribution is -2.03. The molecule has 1 aromatic heterocycles. The van der Waals surface area contributed by atoms with Crippen LogP contribution in [0.15, 0.2) is 41.8 Å². The van der Waals surface area contributed by atoms with Crippen LogP contribution in [0.4, 0.5) is 0 Å². The molecule has 0 atom stereocenters. The number of ether oxygens (including phenoxy) is 1. The van der Waals surface area contributed by atoms with Gasteiger partial charge in [-0.25, -0.2) is 18.4 Å². The molecule has 0 amide bonds. The summed E-state index contributed by atoms with van der Waals surface area (Å²) >= 11 is 0. The summed E-state index contributed by atoms with van der Waals surface area (Å²) in [5.41, 5.74) is 1.07. The smallest absolute Gasteiger partial charge is 0.246 e. The van der Waals surface area contributed by atoms with Crippen molar-refractivity contribution < 1.29 is 13.2 Å². The Labute approximate surface area is 105 Å². The Kier molecular flexibility index (Phi) is 3.29. The Morgan fingerprint density at radius 1 is 1.11 bits per heavy atom. The van der Waals surface area contributed by atoms with Gasteiger partial charge in [0, 0.05) is 6.26 Å². The second kappa shape index (κ2) is 4.73. The minimum atomic E-state index is -3.38.